The van der Waals surface area contributed by atoms with Crippen LogP contribution in [0, 0.1) is 12.8 Å². The zero-order valence-electron chi connectivity index (χ0n) is 14.8. The molecule has 1 aromatic carbocycles. The van der Waals surface area contributed by atoms with Gasteiger partial charge in [-0.2, -0.15) is 0 Å². The maximum atomic E-state index is 11.7. The summed E-state index contributed by atoms with van der Waals surface area (Å²) in [7, 11) is 1.69. The van der Waals surface area contributed by atoms with Crippen LogP contribution in [0.2, 0.25) is 0 Å². The van der Waals surface area contributed by atoms with Gasteiger partial charge in [-0.25, -0.2) is 4.98 Å². The van der Waals surface area contributed by atoms with Crippen molar-refractivity contribution < 1.29 is 9.53 Å². The van der Waals surface area contributed by atoms with Gasteiger partial charge in [-0.15, -0.1) is 11.3 Å². The number of hydrogen-bond donors (Lipinski definition) is 2. The molecule has 0 spiro atoms. The number of aromatic nitrogens is 1. The van der Waals surface area contributed by atoms with Crippen LogP contribution in [0.25, 0.3) is 11.3 Å². The zero-order chi connectivity index (χ0) is 17.7. The minimum Gasteiger partial charge on any atom is -0.383 e. The number of rotatable bonds is 7. The quantitative estimate of drug-likeness (QED) is 0.789. The molecule has 0 radical (unpaired) electrons. The molecule has 0 bridgehead atoms. The van der Waals surface area contributed by atoms with Crippen LogP contribution in [0.1, 0.15) is 25.6 Å². The molecule has 6 heteroatoms. The Labute approximate surface area is 147 Å². The van der Waals surface area contributed by atoms with E-state index in [1.807, 2.05) is 38.1 Å². The molecular weight excluding hydrogens is 322 g/mol. The summed E-state index contributed by atoms with van der Waals surface area (Å²) in [5.74, 6) is -0.0145. The van der Waals surface area contributed by atoms with Crippen LogP contribution in [0.4, 0.5) is 10.8 Å². The van der Waals surface area contributed by atoms with Crippen molar-refractivity contribution in [3.63, 3.8) is 0 Å². The van der Waals surface area contributed by atoms with Gasteiger partial charge in [0.15, 0.2) is 5.13 Å². The molecule has 1 amide bonds. The molecule has 5 nitrogen and oxygen atoms in total. The second-order valence-electron chi connectivity index (χ2n) is 6.15. The Bertz CT molecular complexity index is 680. The summed E-state index contributed by atoms with van der Waals surface area (Å²) in [6, 6.07) is 8.01. The lowest BCUT2D eigenvalue weighted by Crippen LogP contribution is -2.20. The third-order valence-corrected chi connectivity index (χ3v) is 4.44. The van der Waals surface area contributed by atoms with Crippen LogP contribution in [0.5, 0.6) is 0 Å². The Kier molecular flexibility index (Phi) is 6.34. The molecule has 2 aromatic rings. The Hall–Kier alpha value is -1.92. The summed E-state index contributed by atoms with van der Waals surface area (Å²) in [5, 5.41) is 7.14. The number of anilines is 2. The number of amides is 1. The molecule has 2 rings (SSSR count). The van der Waals surface area contributed by atoms with Gasteiger partial charge in [0.1, 0.15) is 0 Å². The average Bonchev–Trinajstić information content (AvgIpc) is 2.88. The van der Waals surface area contributed by atoms with Crippen LogP contribution in [-0.2, 0) is 9.53 Å². The van der Waals surface area contributed by atoms with Gasteiger partial charge in [0, 0.05) is 35.2 Å². The number of carbonyl (C=O) groups is 1. The van der Waals surface area contributed by atoms with Crippen molar-refractivity contribution in [3.8, 4) is 11.3 Å². The summed E-state index contributed by atoms with van der Waals surface area (Å²) in [5.41, 5.74) is 2.81. The van der Waals surface area contributed by atoms with Gasteiger partial charge in [-0.1, -0.05) is 26.0 Å². The van der Waals surface area contributed by atoms with Gasteiger partial charge in [0.25, 0.3) is 0 Å². The molecule has 2 N–H and O–H groups in total. The monoisotopic (exact) mass is 347 g/mol. The number of carbonyl (C=O) groups excluding carboxylic acids is 1. The molecular formula is C18H25N3O2S. The number of methoxy groups -OCH3 is 1. The maximum absolute atomic E-state index is 11.7. The van der Waals surface area contributed by atoms with Crippen molar-refractivity contribution in [2.24, 2.45) is 5.92 Å². The Morgan fingerprint density at radius 2 is 1.92 bits per heavy atom. The molecule has 1 heterocycles. The van der Waals surface area contributed by atoms with Crippen molar-refractivity contribution in [2.75, 3.05) is 24.4 Å². The zero-order valence-corrected chi connectivity index (χ0v) is 15.7. The third-order valence-electron chi connectivity index (χ3n) is 3.53. The SMILES string of the molecule is COC[C@@H](C)Nc1nc(-c2ccc(NC(=O)C(C)C)cc2)c(C)s1. The van der Waals surface area contributed by atoms with E-state index >= 15 is 0 Å². The first kappa shape index (κ1) is 18.4. The summed E-state index contributed by atoms with van der Waals surface area (Å²) in [6.45, 7) is 8.51. The number of hydrogen-bond acceptors (Lipinski definition) is 5. The fourth-order valence-electron chi connectivity index (χ4n) is 2.23. The van der Waals surface area contributed by atoms with Crippen LogP contribution >= 0.6 is 11.3 Å². The van der Waals surface area contributed by atoms with E-state index in [1.165, 1.54) is 0 Å². The van der Waals surface area contributed by atoms with Crippen molar-refractivity contribution in [1.82, 2.24) is 4.98 Å². The van der Waals surface area contributed by atoms with Crippen molar-refractivity contribution >= 4 is 28.1 Å². The highest BCUT2D eigenvalue weighted by molar-refractivity contribution is 7.16. The van der Waals surface area contributed by atoms with E-state index in [0.29, 0.717) is 6.61 Å². The van der Waals surface area contributed by atoms with Crippen LogP contribution in [0.3, 0.4) is 0 Å². The lowest BCUT2D eigenvalue weighted by atomic mass is 10.1. The van der Waals surface area contributed by atoms with Crippen molar-refractivity contribution in [1.29, 1.82) is 0 Å². The van der Waals surface area contributed by atoms with Gasteiger partial charge in [0.2, 0.25) is 5.91 Å². The highest BCUT2D eigenvalue weighted by Crippen LogP contribution is 2.31. The molecule has 130 valence electrons. The first-order chi connectivity index (χ1) is 11.4. The smallest absolute Gasteiger partial charge is 0.226 e. The van der Waals surface area contributed by atoms with E-state index in [0.717, 1.165) is 27.0 Å². The lowest BCUT2D eigenvalue weighted by Gasteiger charge is -2.10. The van der Waals surface area contributed by atoms with E-state index in [-0.39, 0.29) is 17.9 Å². The Balaban J connectivity index is 2.11. The van der Waals surface area contributed by atoms with Gasteiger partial charge in [-0.05, 0) is 26.0 Å². The largest absolute Gasteiger partial charge is 0.383 e. The Morgan fingerprint density at radius 1 is 1.25 bits per heavy atom. The average molecular weight is 347 g/mol. The predicted octanol–water partition coefficient (Wildman–Crippen LogP) is 4.16. The molecule has 0 unspecified atom stereocenters. The second kappa shape index (κ2) is 8.26. The van der Waals surface area contributed by atoms with Gasteiger partial charge < -0.3 is 15.4 Å². The van der Waals surface area contributed by atoms with E-state index < -0.39 is 0 Å². The second-order valence-corrected chi connectivity index (χ2v) is 7.35. The number of nitrogens with zero attached hydrogens (tertiary/aromatic N) is 1. The third kappa shape index (κ3) is 4.79. The molecule has 1 aromatic heterocycles. The number of ether oxygens (including phenoxy) is 1. The number of aryl methyl sites for hydroxylation is 1. The molecule has 1 atom stereocenters. The van der Waals surface area contributed by atoms with E-state index in [4.69, 9.17) is 4.74 Å². The molecule has 0 saturated carbocycles. The molecule has 0 saturated heterocycles. The first-order valence-electron chi connectivity index (χ1n) is 8.05. The summed E-state index contributed by atoms with van der Waals surface area (Å²) < 4.78 is 5.14. The topological polar surface area (TPSA) is 63.2 Å². The van der Waals surface area contributed by atoms with Gasteiger partial charge >= 0.3 is 0 Å². The van der Waals surface area contributed by atoms with Gasteiger partial charge in [-0.3, -0.25) is 4.79 Å². The highest BCUT2D eigenvalue weighted by atomic mass is 32.1. The minimum absolute atomic E-state index is 0.0196. The summed E-state index contributed by atoms with van der Waals surface area (Å²) in [6.07, 6.45) is 0. The van der Waals surface area contributed by atoms with E-state index in [1.54, 1.807) is 18.4 Å². The maximum Gasteiger partial charge on any atom is 0.226 e. The van der Waals surface area contributed by atoms with Crippen molar-refractivity contribution in [2.45, 2.75) is 33.7 Å². The minimum atomic E-state index is -0.0341. The summed E-state index contributed by atoms with van der Waals surface area (Å²) >= 11 is 1.63. The number of nitrogens with one attached hydrogen (secondary N) is 2. The number of benzene rings is 1. The normalized spacial score (nSPS) is 12.2. The Morgan fingerprint density at radius 3 is 2.50 bits per heavy atom. The van der Waals surface area contributed by atoms with E-state index in [2.05, 4.69) is 29.5 Å². The van der Waals surface area contributed by atoms with Gasteiger partial charge in [0.05, 0.1) is 12.3 Å². The molecule has 0 fully saturated rings. The molecule has 0 aliphatic heterocycles. The fraction of sp³-hybridized carbons (Fsp3) is 0.444. The predicted molar refractivity (Wildman–Crippen MR) is 101 cm³/mol. The number of thiazole rings is 1. The van der Waals surface area contributed by atoms with Crippen LogP contribution < -0.4 is 10.6 Å². The van der Waals surface area contributed by atoms with E-state index in [9.17, 15) is 4.79 Å². The van der Waals surface area contributed by atoms with Crippen molar-refractivity contribution in [3.05, 3.63) is 29.1 Å². The standard InChI is InChI=1S/C18H25N3O2S/c1-11(2)17(22)20-15-8-6-14(7-9-15)16-13(4)24-18(21-16)19-12(3)10-23-5/h6-9,11-12H,10H2,1-5H3,(H,19,21)(H,20,22)/t12-/m1/s1. The highest BCUT2D eigenvalue weighted by Gasteiger charge is 2.12. The fourth-order valence-corrected chi connectivity index (χ4v) is 3.17. The molecule has 0 aliphatic rings. The van der Waals surface area contributed by atoms with Crippen LogP contribution in [0.15, 0.2) is 24.3 Å². The lowest BCUT2D eigenvalue weighted by molar-refractivity contribution is -0.118. The first-order valence-corrected chi connectivity index (χ1v) is 8.86. The summed E-state index contributed by atoms with van der Waals surface area (Å²) in [4.78, 5) is 17.6. The van der Waals surface area contributed by atoms with Crippen LogP contribution in [-0.4, -0.2) is 30.6 Å². The molecule has 24 heavy (non-hydrogen) atoms. The molecule has 0 aliphatic carbocycles.